The van der Waals surface area contributed by atoms with Gasteiger partial charge in [-0.3, -0.25) is 10.1 Å². The smallest absolute Gasteiger partial charge is 0.416 e. The van der Waals surface area contributed by atoms with Gasteiger partial charge in [-0.2, -0.15) is 13.2 Å². The van der Waals surface area contributed by atoms with E-state index in [0.717, 1.165) is 12.1 Å². The van der Waals surface area contributed by atoms with Crippen molar-refractivity contribution in [1.82, 2.24) is 0 Å². The zero-order valence-electron chi connectivity index (χ0n) is 11.5. The van der Waals surface area contributed by atoms with E-state index in [2.05, 4.69) is 0 Å². The average Bonchev–Trinajstić information content (AvgIpc) is 2.47. The summed E-state index contributed by atoms with van der Waals surface area (Å²) in [6.07, 6.45) is -4.86. The zero-order chi connectivity index (χ0) is 16.3. The molecule has 7 heteroatoms. The fraction of sp³-hybridized carbons (Fsp3) is 0.200. The van der Waals surface area contributed by atoms with Crippen molar-refractivity contribution in [2.24, 2.45) is 0 Å². The zero-order valence-corrected chi connectivity index (χ0v) is 11.5. The third-order valence-corrected chi connectivity index (χ3v) is 3.07. The number of nitro benzene ring substituents is 1. The van der Waals surface area contributed by atoms with E-state index in [0.29, 0.717) is 11.3 Å². The number of hydrogen-bond acceptors (Lipinski definition) is 3. The van der Waals surface area contributed by atoms with Crippen molar-refractivity contribution in [3.8, 4) is 5.75 Å². The summed E-state index contributed by atoms with van der Waals surface area (Å²) in [4.78, 5) is 10.0. The molecule has 0 radical (unpaired) electrons. The van der Waals surface area contributed by atoms with Gasteiger partial charge in [-0.05, 0) is 36.8 Å². The molecule has 4 nitrogen and oxygen atoms in total. The van der Waals surface area contributed by atoms with E-state index in [-0.39, 0.29) is 5.69 Å². The van der Waals surface area contributed by atoms with Crippen LogP contribution < -0.4 is 4.74 Å². The van der Waals surface area contributed by atoms with E-state index in [1.807, 2.05) is 0 Å². The molecule has 0 saturated carbocycles. The lowest BCUT2D eigenvalue weighted by atomic mass is 10.1. The predicted molar refractivity (Wildman–Crippen MR) is 73.6 cm³/mol. The summed E-state index contributed by atoms with van der Waals surface area (Å²) >= 11 is 0. The Morgan fingerprint density at radius 1 is 1.05 bits per heavy atom. The Hall–Kier alpha value is -2.57. The molecule has 0 spiro atoms. The van der Waals surface area contributed by atoms with Crippen LogP contribution >= 0.6 is 0 Å². The molecule has 2 rings (SSSR count). The van der Waals surface area contributed by atoms with Crippen LogP contribution in [0, 0.1) is 10.1 Å². The van der Waals surface area contributed by atoms with Crippen molar-refractivity contribution in [3.05, 3.63) is 69.8 Å². The van der Waals surface area contributed by atoms with E-state index in [9.17, 15) is 23.3 Å². The van der Waals surface area contributed by atoms with Crippen molar-refractivity contribution in [2.45, 2.75) is 19.2 Å². The van der Waals surface area contributed by atoms with Gasteiger partial charge in [-0.25, -0.2) is 0 Å². The Morgan fingerprint density at radius 2 is 1.59 bits per heavy atom. The van der Waals surface area contributed by atoms with E-state index >= 15 is 0 Å². The number of rotatable bonds is 4. The van der Waals surface area contributed by atoms with E-state index in [1.54, 1.807) is 6.92 Å². The maximum absolute atomic E-state index is 12.5. The molecular weight excluding hydrogens is 299 g/mol. The fourth-order valence-corrected chi connectivity index (χ4v) is 1.86. The van der Waals surface area contributed by atoms with Crippen LogP contribution in [0.15, 0.2) is 48.5 Å². The lowest BCUT2D eigenvalue weighted by Crippen LogP contribution is -2.07. The van der Waals surface area contributed by atoms with Gasteiger partial charge in [0.1, 0.15) is 11.9 Å². The van der Waals surface area contributed by atoms with Gasteiger partial charge in [-0.1, -0.05) is 12.1 Å². The topological polar surface area (TPSA) is 52.4 Å². The molecule has 0 bridgehead atoms. The third-order valence-electron chi connectivity index (χ3n) is 3.07. The molecule has 0 amide bonds. The standard InChI is InChI=1S/C15H12F3NO3/c1-10(11-2-4-12(5-3-11)15(16,17)18)22-14-8-6-13(7-9-14)19(20)21/h2-10H,1H3. The second-order valence-electron chi connectivity index (χ2n) is 4.63. The second-order valence-corrected chi connectivity index (χ2v) is 4.63. The van der Waals surface area contributed by atoms with Gasteiger partial charge in [0.2, 0.25) is 0 Å². The summed E-state index contributed by atoms with van der Waals surface area (Å²) < 4.78 is 43.0. The average molecular weight is 311 g/mol. The van der Waals surface area contributed by atoms with Gasteiger partial charge in [0.25, 0.3) is 5.69 Å². The van der Waals surface area contributed by atoms with E-state index in [4.69, 9.17) is 4.74 Å². The summed E-state index contributed by atoms with van der Waals surface area (Å²) in [5.74, 6) is 0.401. The SMILES string of the molecule is CC(Oc1ccc([N+](=O)[O-])cc1)c1ccc(C(F)(F)F)cc1. The maximum atomic E-state index is 12.5. The van der Waals surface area contributed by atoms with Crippen LogP contribution in [0.4, 0.5) is 18.9 Å². The number of nitrogens with zero attached hydrogens (tertiary/aromatic N) is 1. The number of nitro groups is 1. The number of hydrogen-bond donors (Lipinski definition) is 0. The number of halogens is 3. The number of non-ortho nitro benzene ring substituents is 1. The van der Waals surface area contributed by atoms with Crippen molar-refractivity contribution in [2.75, 3.05) is 0 Å². The number of benzene rings is 2. The van der Waals surface area contributed by atoms with Crippen LogP contribution in [-0.4, -0.2) is 4.92 Å². The summed E-state index contributed by atoms with van der Waals surface area (Å²) in [5.41, 5.74) is -0.209. The molecule has 2 aromatic rings. The normalized spacial score (nSPS) is 12.7. The summed E-state index contributed by atoms with van der Waals surface area (Å²) in [6, 6.07) is 10.2. The summed E-state index contributed by atoms with van der Waals surface area (Å²) in [6.45, 7) is 1.68. The molecule has 0 N–H and O–H groups in total. The first-order valence-electron chi connectivity index (χ1n) is 6.35. The predicted octanol–water partition coefficient (Wildman–Crippen LogP) is 4.75. The first kappa shape index (κ1) is 15.8. The van der Waals surface area contributed by atoms with Gasteiger partial charge in [0.05, 0.1) is 10.5 Å². The largest absolute Gasteiger partial charge is 0.486 e. The highest BCUT2D eigenvalue weighted by molar-refractivity contribution is 5.36. The first-order chi connectivity index (χ1) is 10.3. The van der Waals surface area contributed by atoms with Crippen molar-refractivity contribution >= 4 is 5.69 Å². The molecule has 1 atom stereocenters. The highest BCUT2D eigenvalue weighted by Gasteiger charge is 2.30. The molecular formula is C15H12F3NO3. The molecule has 22 heavy (non-hydrogen) atoms. The molecule has 0 saturated heterocycles. The molecule has 1 unspecified atom stereocenters. The van der Waals surface area contributed by atoms with Gasteiger partial charge in [0.15, 0.2) is 0 Å². The van der Waals surface area contributed by atoms with Crippen LogP contribution in [0.1, 0.15) is 24.2 Å². The van der Waals surface area contributed by atoms with Gasteiger partial charge >= 0.3 is 6.18 Å². The Bertz CT molecular complexity index is 651. The van der Waals surface area contributed by atoms with Crippen LogP contribution in [-0.2, 0) is 6.18 Å². The minimum atomic E-state index is -4.37. The summed E-state index contributed by atoms with van der Waals surface area (Å²) in [7, 11) is 0. The minimum absolute atomic E-state index is 0.0606. The lowest BCUT2D eigenvalue weighted by molar-refractivity contribution is -0.384. The van der Waals surface area contributed by atoms with Crippen LogP contribution in [0.5, 0.6) is 5.75 Å². The Kier molecular flexibility index (Phi) is 4.35. The quantitative estimate of drug-likeness (QED) is 0.604. The molecule has 0 aromatic heterocycles. The highest BCUT2D eigenvalue weighted by Crippen LogP contribution is 2.30. The number of alkyl halides is 3. The van der Waals surface area contributed by atoms with Gasteiger partial charge in [-0.15, -0.1) is 0 Å². The van der Waals surface area contributed by atoms with Crippen LogP contribution in [0.2, 0.25) is 0 Å². The molecule has 0 heterocycles. The molecule has 0 fully saturated rings. The monoisotopic (exact) mass is 311 g/mol. The van der Waals surface area contributed by atoms with Gasteiger partial charge in [0, 0.05) is 12.1 Å². The third kappa shape index (κ3) is 3.75. The fourth-order valence-electron chi connectivity index (χ4n) is 1.86. The number of ether oxygens (including phenoxy) is 1. The minimum Gasteiger partial charge on any atom is -0.486 e. The van der Waals surface area contributed by atoms with Crippen molar-refractivity contribution in [3.63, 3.8) is 0 Å². The van der Waals surface area contributed by atoms with E-state index < -0.39 is 22.8 Å². The molecule has 116 valence electrons. The molecule has 0 aliphatic rings. The van der Waals surface area contributed by atoms with Crippen LogP contribution in [0.25, 0.3) is 0 Å². The second kappa shape index (κ2) is 6.05. The Balaban J connectivity index is 2.08. The Morgan fingerprint density at radius 3 is 2.05 bits per heavy atom. The van der Waals surface area contributed by atoms with Crippen LogP contribution in [0.3, 0.4) is 0 Å². The highest BCUT2D eigenvalue weighted by atomic mass is 19.4. The van der Waals surface area contributed by atoms with E-state index in [1.165, 1.54) is 36.4 Å². The van der Waals surface area contributed by atoms with Crippen molar-refractivity contribution in [1.29, 1.82) is 0 Å². The maximum Gasteiger partial charge on any atom is 0.416 e. The molecule has 0 aliphatic carbocycles. The van der Waals surface area contributed by atoms with Gasteiger partial charge < -0.3 is 4.74 Å². The Labute approximate surface area is 124 Å². The van der Waals surface area contributed by atoms with Crippen molar-refractivity contribution < 1.29 is 22.8 Å². The molecule has 2 aromatic carbocycles. The first-order valence-corrected chi connectivity index (χ1v) is 6.35. The molecule has 0 aliphatic heterocycles. The summed E-state index contributed by atoms with van der Waals surface area (Å²) in [5, 5.41) is 10.5. The lowest BCUT2D eigenvalue weighted by Gasteiger charge is -2.16.